The van der Waals surface area contributed by atoms with E-state index >= 15 is 0 Å². The maximum absolute atomic E-state index is 13.4. The van der Waals surface area contributed by atoms with Gasteiger partial charge in [0.25, 0.3) is 0 Å². The van der Waals surface area contributed by atoms with Crippen molar-refractivity contribution >= 4 is 11.6 Å². The van der Waals surface area contributed by atoms with Crippen LogP contribution < -0.4 is 11.1 Å². The number of hydrogen-bond donors (Lipinski definition) is 2. The molecule has 0 spiro atoms. The number of nitrogens with two attached hydrogens (primary N) is 1. The molecule has 1 aromatic rings. The van der Waals surface area contributed by atoms with Crippen molar-refractivity contribution < 1.29 is 22.7 Å². The van der Waals surface area contributed by atoms with Crippen molar-refractivity contribution in [1.29, 1.82) is 0 Å². The number of carbonyl (C=O) groups is 1. The molecule has 3 N–H and O–H groups in total. The second-order valence-electron chi connectivity index (χ2n) is 8.86. The molecule has 5 atom stereocenters. The Hall–Kier alpha value is -2.32. The third-order valence-corrected chi connectivity index (χ3v) is 6.76. The van der Waals surface area contributed by atoms with E-state index in [9.17, 15) is 18.0 Å². The standard InChI is InChI=1S/C24H30F3N3O2/c1-15(31)30(12-11-28)14-18-8-9-19-22(16-5-3-2-4-6-16)29-21-10-7-17(24(25,26)27)13-20(21)23(19)32-18/h2-5,7,10,13,16,18-19,22-23,29H,6,8-9,11-12,14,28H2,1H3/t16?,18-,19+,22+,23+/m1/s1. The number of fused-ring (bicyclic) bond motifs is 3. The minimum Gasteiger partial charge on any atom is -0.381 e. The SMILES string of the molecule is CC(=O)N(CCN)C[C@H]1CC[C@@H]2[C@H](O1)c1cc(C(F)(F)F)ccc1N[C@H]2C1C=CC=CC1. The number of rotatable bonds is 5. The molecule has 1 unspecified atom stereocenters. The van der Waals surface area contributed by atoms with E-state index in [2.05, 4.69) is 17.5 Å². The van der Waals surface area contributed by atoms with Crippen molar-refractivity contribution in [2.45, 2.75) is 50.6 Å². The van der Waals surface area contributed by atoms with Crippen LogP contribution in [0.15, 0.2) is 42.5 Å². The van der Waals surface area contributed by atoms with Crippen LogP contribution in [-0.4, -0.2) is 42.6 Å². The smallest absolute Gasteiger partial charge is 0.381 e. The van der Waals surface area contributed by atoms with E-state index in [0.29, 0.717) is 30.9 Å². The van der Waals surface area contributed by atoms with E-state index in [-0.39, 0.29) is 29.9 Å². The second-order valence-corrected chi connectivity index (χ2v) is 8.86. The summed E-state index contributed by atoms with van der Waals surface area (Å²) in [7, 11) is 0. The first kappa shape index (κ1) is 22.9. The molecule has 1 fully saturated rings. The number of amides is 1. The molecular weight excluding hydrogens is 419 g/mol. The summed E-state index contributed by atoms with van der Waals surface area (Å²) < 4.78 is 46.8. The van der Waals surface area contributed by atoms with Crippen molar-refractivity contribution in [3.05, 3.63) is 53.6 Å². The zero-order valence-corrected chi connectivity index (χ0v) is 18.1. The Morgan fingerprint density at radius 3 is 2.75 bits per heavy atom. The largest absolute Gasteiger partial charge is 0.416 e. The molecular formula is C24H30F3N3O2. The van der Waals surface area contributed by atoms with Gasteiger partial charge in [0.15, 0.2) is 0 Å². The second kappa shape index (κ2) is 9.27. The van der Waals surface area contributed by atoms with Gasteiger partial charge in [0.1, 0.15) is 0 Å². The lowest BCUT2D eigenvalue weighted by Gasteiger charge is -2.48. The number of carbonyl (C=O) groups excluding carboxylic acids is 1. The topological polar surface area (TPSA) is 67.6 Å². The van der Waals surface area contributed by atoms with Crippen molar-refractivity contribution in [1.82, 2.24) is 4.90 Å². The fraction of sp³-hybridized carbons (Fsp3) is 0.542. The molecule has 2 heterocycles. The van der Waals surface area contributed by atoms with Crippen LogP contribution >= 0.6 is 0 Å². The summed E-state index contributed by atoms with van der Waals surface area (Å²) in [5.41, 5.74) is 6.21. The first-order valence-electron chi connectivity index (χ1n) is 11.2. The monoisotopic (exact) mass is 449 g/mol. The summed E-state index contributed by atoms with van der Waals surface area (Å²) in [4.78, 5) is 13.6. The number of benzene rings is 1. The van der Waals surface area contributed by atoms with Crippen LogP contribution in [0.25, 0.3) is 0 Å². The van der Waals surface area contributed by atoms with Gasteiger partial charge in [0.2, 0.25) is 5.91 Å². The lowest BCUT2D eigenvalue weighted by molar-refractivity contribution is -0.140. The van der Waals surface area contributed by atoms with Gasteiger partial charge in [-0.1, -0.05) is 24.3 Å². The average molecular weight is 450 g/mol. The third-order valence-electron chi connectivity index (χ3n) is 6.76. The zero-order valence-electron chi connectivity index (χ0n) is 18.1. The quantitative estimate of drug-likeness (QED) is 0.704. The Kier molecular flexibility index (Phi) is 6.62. The number of anilines is 1. The maximum atomic E-state index is 13.4. The molecule has 1 aliphatic carbocycles. The lowest BCUT2D eigenvalue weighted by atomic mass is 9.73. The summed E-state index contributed by atoms with van der Waals surface area (Å²) in [5.74, 6) is 0.209. The molecule has 8 heteroatoms. The Morgan fingerprint density at radius 1 is 1.28 bits per heavy atom. The molecule has 174 valence electrons. The Labute approximate surface area is 186 Å². The molecule has 1 saturated heterocycles. The fourth-order valence-corrected chi connectivity index (χ4v) is 5.17. The van der Waals surface area contributed by atoms with Gasteiger partial charge in [0.05, 0.1) is 17.8 Å². The summed E-state index contributed by atoms with van der Waals surface area (Å²) in [5, 5.41) is 3.53. The van der Waals surface area contributed by atoms with Crippen molar-refractivity contribution in [3.63, 3.8) is 0 Å². The summed E-state index contributed by atoms with van der Waals surface area (Å²) in [6.45, 7) is 2.68. The van der Waals surface area contributed by atoms with E-state index in [4.69, 9.17) is 10.5 Å². The Morgan fingerprint density at radius 2 is 2.09 bits per heavy atom. The summed E-state index contributed by atoms with van der Waals surface area (Å²) in [6, 6.07) is 3.93. The number of halogens is 3. The van der Waals surface area contributed by atoms with Crippen LogP contribution in [0.2, 0.25) is 0 Å². The van der Waals surface area contributed by atoms with Crippen LogP contribution in [0.3, 0.4) is 0 Å². The zero-order chi connectivity index (χ0) is 22.9. The van der Waals surface area contributed by atoms with E-state index in [1.165, 1.54) is 19.1 Å². The minimum absolute atomic E-state index is 0.0451. The van der Waals surface area contributed by atoms with Crippen LogP contribution in [0, 0.1) is 11.8 Å². The molecule has 2 aliphatic heterocycles. The average Bonchev–Trinajstić information content (AvgIpc) is 2.77. The molecule has 32 heavy (non-hydrogen) atoms. The lowest BCUT2D eigenvalue weighted by Crippen LogP contribution is -2.49. The predicted octanol–water partition coefficient (Wildman–Crippen LogP) is 4.28. The van der Waals surface area contributed by atoms with Crippen LogP contribution in [0.5, 0.6) is 0 Å². The van der Waals surface area contributed by atoms with Crippen molar-refractivity contribution in [2.24, 2.45) is 17.6 Å². The fourth-order valence-electron chi connectivity index (χ4n) is 5.17. The predicted molar refractivity (Wildman–Crippen MR) is 117 cm³/mol. The van der Waals surface area contributed by atoms with Gasteiger partial charge in [-0.05, 0) is 37.5 Å². The van der Waals surface area contributed by atoms with Gasteiger partial charge in [-0.25, -0.2) is 0 Å². The molecule has 3 aliphatic rings. The highest BCUT2D eigenvalue weighted by molar-refractivity contribution is 5.73. The molecule has 0 radical (unpaired) electrons. The Balaban J connectivity index is 1.64. The molecule has 5 nitrogen and oxygen atoms in total. The third kappa shape index (κ3) is 4.71. The molecule has 4 rings (SSSR count). The van der Waals surface area contributed by atoms with E-state index in [0.717, 1.165) is 25.3 Å². The van der Waals surface area contributed by atoms with E-state index in [1.807, 2.05) is 12.2 Å². The normalized spacial score (nSPS) is 29.1. The molecule has 1 amide bonds. The van der Waals surface area contributed by atoms with Crippen molar-refractivity contribution in [3.8, 4) is 0 Å². The minimum atomic E-state index is -4.42. The first-order valence-corrected chi connectivity index (χ1v) is 11.2. The van der Waals surface area contributed by atoms with Crippen molar-refractivity contribution in [2.75, 3.05) is 25.0 Å². The highest BCUT2D eigenvalue weighted by Gasteiger charge is 2.45. The number of allylic oxidation sites excluding steroid dienone is 3. The summed E-state index contributed by atoms with van der Waals surface area (Å²) in [6.07, 6.45) is 5.64. The number of hydrogen-bond acceptors (Lipinski definition) is 4. The van der Waals surface area contributed by atoms with Crippen LogP contribution in [0.1, 0.15) is 43.4 Å². The highest BCUT2D eigenvalue weighted by Crippen LogP contribution is 2.49. The first-order chi connectivity index (χ1) is 15.3. The molecule has 1 aromatic carbocycles. The Bertz CT molecular complexity index is 899. The van der Waals surface area contributed by atoms with Gasteiger partial charge in [-0.15, -0.1) is 0 Å². The number of ether oxygens (including phenoxy) is 1. The van der Waals surface area contributed by atoms with Gasteiger partial charge in [0, 0.05) is 55.7 Å². The molecule has 0 saturated carbocycles. The van der Waals surface area contributed by atoms with Crippen LogP contribution in [0.4, 0.5) is 18.9 Å². The maximum Gasteiger partial charge on any atom is 0.416 e. The summed E-state index contributed by atoms with van der Waals surface area (Å²) >= 11 is 0. The number of alkyl halides is 3. The van der Waals surface area contributed by atoms with Gasteiger partial charge in [-0.2, -0.15) is 13.2 Å². The van der Waals surface area contributed by atoms with Gasteiger partial charge >= 0.3 is 6.18 Å². The van der Waals surface area contributed by atoms with E-state index < -0.39 is 17.8 Å². The van der Waals surface area contributed by atoms with E-state index in [1.54, 1.807) is 4.90 Å². The highest BCUT2D eigenvalue weighted by atomic mass is 19.4. The number of nitrogens with one attached hydrogen (secondary N) is 1. The van der Waals surface area contributed by atoms with Crippen LogP contribution in [-0.2, 0) is 15.7 Å². The molecule has 0 bridgehead atoms. The number of nitrogens with zero attached hydrogens (tertiary/aromatic N) is 1. The molecule has 0 aromatic heterocycles. The van der Waals surface area contributed by atoms with Gasteiger partial charge < -0.3 is 20.7 Å². The van der Waals surface area contributed by atoms with Gasteiger partial charge in [-0.3, -0.25) is 4.79 Å².